The fourth-order valence-corrected chi connectivity index (χ4v) is 3.13. The summed E-state index contributed by atoms with van der Waals surface area (Å²) in [6, 6.07) is 2.40. The molecule has 3 aromatic heterocycles. The zero-order valence-corrected chi connectivity index (χ0v) is 14.8. The van der Waals surface area contributed by atoms with Gasteiger partial charge in [0.1, 0.15) is 5.69 Å². The molecular formula is C18H22N8. The van der Waals surface area contributed by atoms with Crippen molar-refractivity contribution >= 4 is 18.1 Å². The second-order valence-corrected chi connectivity index (χ2v) is 6.60. The quantitative estimate of drug-likeness (QED) is 0.526. The monoisotopic (exact) mass is 350 g/mol. The Balaban J connectivity index is 1.74. The number of hydrogen-bond acceptors (Lipinski definition) is 6. The number of aromatic nitrogens is 5. The number of hydrogen-bond donors (Lipinski definition) is 2. The van der Waals surface area contributed by atoms with Gasteiger partial charge in [-0.3, -0.25) is 10.1 Å². The molecule has 1 aliphatic carbocycles. The fraction of sp³-hybridized carbons (Fsp3) is 0.333. The number of nitrogens with two attached hydrogens (primary N) is 1. The maximum atomic E-state index is 6.22. The molecule has 0 aromatic carbocycles. The van der Waals surface area contributed by atoms with Gasteiger partial charge in [-0.2, -0.15) is 15.3 Å². The topological polar surface area (TPSA) is 98.4 Å². The molecule has 0 saturated heterocycles. The van der Waals surface area contributed by atoms with Crippen LogP contribution >= 0.6 is 0 Å². The molecule has 134 valence electrons. The summed E-state index contributed by atoms with van der Waals surface area (Å²) in [6.45, 7) is 5.36. The lowest BCUT2D eigenvalue weighted by atomic mass is 9.93. The van der Waals surface area contributed by atoms with E-state index in [-0.39, 0.29) is 0 Å². The third-order valence-electron chi connectivity index (χ3n) is 4.78. The van der Waals surface area contributed by atoms with Gasteiger partial charge < -0.3 is 5.73 Å². The van der Waals surface area contributed by atoms with Crippen molar-refractivity contribution in [3.63, 3.8) is 0 Å². The molecule has 1 saturated carbocycles. The molecule has 8 nitrogen and oxygen atoms in total. The molecule has 1 fully saturated rings. The predicted octanol–water partition coefficient (Wildman–Crippen LogP) is 2.55. The first-order valence-corrected chi connectivity index (χ1v) is 8.72. The van der Waals surface area contributed by atoms with Gasteiger partial charge in [0.2, 0.25) is 0 Å². The van der Waals surface area contributed by atoms with Gasteiger partial charge in [-0.1, -0.05) is 6.08 Å². The largest absolute Gasteiger partial charge is 0.382 e. The summed E-state index contributed by atoms with van der Waals surface area (Å²) >= 11 is 0. The summed E-state index contributed by atoms with van der Waals surface area (Å²) in [6.07, 6.45) is 11.9. The molecule has 8 heteroatoms. The molecule has 3 aromatic rings. The van der Waals surface area contributed by atoms with E-state index in [0.29, 0.717) is 18.3 Å². The summed E-state index contributed by atoms with van der Waals surface area (Å²) in [4.78, 5) is 4.84. The Morgan fingerprint density at radius 2 is 2.31 bits per heavy atom. The van der Waals surface area contributed by atoms with Crippen LogP contribution in [-0.4, -0.2) is 31.1 Å². The lowest BCUT2D eigenvalue weighted by Gasteiger charge is -2.25. The van der Waals surface area contributed by atoms with Gasteiger partial charge in [0, 0.05) is 25.0 Å². The van der Waals surface area contributed by atoms with Crippen LogP contribution in [0.1, 0.15) is 37.9 Å². The predicted molar refractivity (Wildman–Crippen MR) is 102 cm³/mol. The molecule has 0 atom stereocenters. The van der Waals surface area contributed by atoms with Gasteiger partial charge in [-0.25, -0.2) is 9.50 Å². The molecule has 0 bridgehead atoms. The van der Waals surface area contributed by atoms with E-state index in [1.165, 1.54) is 6.42 Å². The van der Waals surface area contributed by atoms with E-state index < -0.39 is 0 Å². The molecule has 0 spiro atoms. The molecule has 0 amide bonds. The highest BCUT2D eigenvalue weighted by Crippen LogP contribution is 2.35. The van der Waals surface area contributed by atoms with Crippen LogP contribution < -0.4 is 11.2 Å². The van der Waals surface area contributed by atoms with Crippen molar-refractivity contribution in [1.82, 2.24) is 29.8 Å². The van der Waals surface area contributed by atoms with Crippen LogP contribution in [-0.2, 0) is 6.42 Å². The maximum absolute atomic E-state index is 6.22. The molecule has 26 heavy (non-hydrogen) atoms. The van der Waals surface area contributed by atoms with Crippen LogP contribution in [0, 0.1) is 0 Å². The molecule has 3 N–H and O–H groups in total. The van der Waals surface area contributed by atoms with Crippen LogP contribution in [0.3, 0.4) is 0 Å². The Morgan fingerprint density at radius 1 is 1.46 bits per heavy atom. The van der Waals surface area contributed by atoms with E-state index >= 15 is 0 Å². The number of allylic oxidation sites excluding steroid dienone is 2. The number of nitrogen functional groups attached to an aromatic ring is 1. The van der Waals surface area contributed by atoms with Crippen molar-refractivity contribution in [1.29, 1.82) is 0 Å². The number of nitrogens with zero attached hydrogens (tertiary/aromatic N) is 6. The van der Waals surface area contributed by atoms with Crippen LogP contribution in [0.15, 0.2) is 41.5 Å². The van der Waals surface area contributed by atoms with E-state index in [0.717, 1.165) is 41.0 Å². The minimum Gasteiger partial charge on any atom is -0.382 e. The maximum Gasteiger partial charge on any atom is 0.155 e. The minimum absolute atomic E-state index is 0.457. The Hall–Kier alpha value is -3.16. The van der Waals surface area contributed by atoms with E-state index in [1.807, 2.05) is 40.7 Å². The van der Waals surface area contributed by atoms with Gasteiger partial charge in [-0.15, -0.1) is 0 Å². The first-order chi connectivity index (χ1) is 12.7. The summed E-state index contributed by atoms with van der Waals surface area (Å²) in [7, 11) is 0. The number of rotatable bonds is 6. The van der Waals surface area contributed by atoms with Crippen molar-refractivity contribution in [2.45, 2.75) is 38.6 Å². The zero-order chi connectivity index (χ0) is 18.1. The van der Waals surface area contributed by atoms with Crippen molar-refractivity contribution in [3.05, 3.63) is 42.1 Å². The zero-order valence-electron chi connectivity index (χ0n) is 14.8. The Morgan fingerprint density at radius 3 is 3.04 bits per heavy atom. The Bertz CT molecular complexity index is 976. The molecule has 0 radical (unpaired) electrons. The third kappa shape index (κ3) is 2.94. The first-order valence-electron chi connectivity index (χ1n) is 8.72. The van der Waals surface area contributed by atoms with Gasteiger partial charge >= 0.3 is 0 Å². The summed E-state index contributed by atoms with van der Waals surface area (Å²) < 4.78 is 3.82. The molecule has 0 unspecified atom stereocenters. The molecule has 1 aliphatic rings. The molecule has 4 rings (SSSR count). The number of hydrazone groups is 1. The Labute approximate surface area is 151 Å². The van der Waals surface area contributed by atoms with E-state index in [1.54, 1.807) is 6.20 Å². The van der Waals surface area contributed by atoms with Crippen LogP contribution in [0.2, 0.25) is 0 Å². The molecule has 3 heterocycles. The van der Waals surface area contributed by atoms with Crippen molar-refractivity contribution in [2.75, 3.05) is 5.73 Å². The number of nitrogens with one attached hydrogen (secondary N) is 1. The Kier molecular flexibility index (Phi) is 4.16. The van der Waals surface area contributed by atoms with Crippen molar-refractivity contribution in [3.8, 4) is 11.3 Å². The van der Waals surface area contributed by atoms with Crippen LogP contribution in [0.4, 0.5) is 5.82 Å². The number of anilines is 1. The smallest absolute Gasteiger partial charge is 0.155 e. The van der Waals surface area contributed by atoms with Gasteiger partial charge in [0.25, 0.3) is 0 Å². The fourth-order valence-electron chi connectivity index (χ4n) is 3.13. The standard InChI is InChI=1S/C18H22N8/c1-12(23-20-2)6-7-13-10-26-16(8-9-21-26)17(22-13)15-11-25(24-18(15)19)14-4-3-5-14/h6,8-11,14,23H,2-5,7H2,1H3,(H2,19,24)/b12-6-. The van der Waals surface area contributed by atoms with E-state index in [4.69, 9.17) is 10.7 Å². The lowest BCUT2D eigenvalue weighted by molar-refractivity contribution is 0.290. The van der Waals surface area contributed by atoms with E-state index in [9.17, 15) is 0 Å². The van der Waals surface area contributed by atoms with Crippen LogP contribution in [0.25, 0.3) is 16.8 Å². The van der Waals surface area contributed by atoms with Gasteiger partial charge in [0.05, 0.1) is 35.2 Å². The summed E-state index contributed by atoms with van der Waals surface area (Å²) in [5, 5.41) is 12.5. The minimum atomic E-state index is 0.457. The normalized spacial score (nSPS) is 15.2. The van der Waals surface area contributed by atoms with Gasteiger partial charge in [-0.05, 0) is 32.3 Å². The second kappa shape index (κ2) is 6.62. The second-order valence-electron chi connectivity index (χ2n) is 6.60. The molecule has 0 aliphatic heterocycles. The first kappa shape index (κ1) is 16.3. The highest BCUT2D eigenvalue weighted by Gasteiger charge is 2.23. The number of fused-ring (bicyclic) bond motifs is 1. The average Bonchev–Trinajstić information content (AvgIpc) is 3.17. The lowest BCUT2D eigenvalue weighted by Crippen LogP contribution is -2.17. The molecular weight excluding hydrogens is 328 g/mol. The SMILES string of the molecule is C=NN/C(C)=C\Cc1cn2nccc2c(-c2cn(C3CCC3)nc2N)n1. The average molecular weight is 350 g/mol. The summed E-state index contributed by atoms with van der Waals surface area (Å²) in [5.74, 6) is 0.508. The van der Waals surface area contributed by atoms with Crippen molar-refractivity contribution in [2.24, 2.45) is 5.10 Å². The van der Waals surface area contributed by atoms with Crippen molar-refractivity contribution < 1.29 is 0 Å². The van der Waals surface area contributed by atoms with Gasteiger partial charge in [0.15, 0.2) is 5.82 Å². The third-order valence-corrected chi connectivity index (χ3v) is 4.78. The highest BCUT2D eigenvalue weighted by molar-refractivity contribution is 5.82. The van der Waals surface area contributed by atoms with Crippen LogP contribution in [0.5, 0.6) is 0 Å². The summed E-state index contributed by atoms with van der Waals surface area (Å²) in [5.41, 5.74) is 13.4. The highest BCUT2D eigenvalue weighted by atomic mass is 15.3. The van der Waals surface area contributed by atoms with E-state index in [2.05, 4.69) is 27.4 Å².